The Morgan fingerprint density at radius 2 is 0.913 bits per heavy atom. The van der Waals surface area contributed by atoms with Crippen LogP contribution in [0.15, 0.2) is 12.2 Å². The van der Waals surface area contributed by atoms with Crippen LogP contribution in [0.25, 0.3) is 0 Å². The minimum Gasteiger partial charge on any atom is -0.394 e. The van der Waals surface area contributed by atoms with Gasteiger partial charge in [0.2, 0.25) is 5.91 Å². The lowest BCUT2D eigenvalue weighted by molar-refractivity contribution is -0.298. The third kappa shape index (κ3) is 39.0. The molecule has 410 valence electrons. The fourth-order valence-electron chi connectivity index (χ4n) is 9.58. The minimum absolute atomic E-state index is 0.255. The molecular formula is C56H109NO11S. The maximum Gasteiger partial charge on any atom is 0.397 e. The molecule has 0 aromatic heterocycles. The van der Waals surface area contributed by atoms with Crippen LogP contribution in [-0.2, 0) is 28.9 Å². The van der Waals surface area contributed by atoms with Crippen LogP contribution in [-0.4, -0.2) is 95.4 Å². The van der Waals surface area contributed by atoms with Crippen molar-refractivity contribution in [2.24, 2.45) is 0 Å². The van der Waals surface area contributed by atoms with Gasteiger partial charge in [0.25, 0.3) is 0 Å². The molecule has 1 amide bonds. The number of aliphatic hydroxyl groups is 4. The maximum absolute atomic E-state index is 13.1. The molecule has 0 spiro atoms. The normalized spacial score (nSPS) is 19.7. The van der Waals surface area contributed by atoms with Crippen molar-refractivity contribution in [3.8, 4) is 0 Å². The van der Waals surface area contributed by atoms with Crippen LogP contribution in [0, 0.1) is 0 Å². The summed E-state index contributed by atoms with van der Waals surface area (Å²) < 4.78 is 47.8. The Kier molecular flexibility index (Phi) is 44.5. The Labute approximate surface area is 423 Å². The third-order valence-electron chi connectivity index (χ3n) is 14.1. The molecule has 0 aliphatic carbocycles. The average Bonchev–Trinajstić information content (AvgIpc) is 3.32. The maximum atomic E-state index is 13.1. The summed E-state index contributed by atoms with van der Waals surface area (Å²) >= 11 is 0. The molecule has 1 aliphatic rings. The molecule has 69 heavy (non-hydrogen) atoms. The summed E-state index contributed by atoms with van der Waals surface area (Å²) in [7, 11) is -5.09. The second-order valence-electron chi connectivity index (χ2n) is 20.6. The summed E-state index contributed by atoms with van der Waals surface area (Å²) in [4.78, 5) is 13.1. The third-order valence-corrected chi connectivity index (χ3v) is 14.5. The molecule has 7 unspecified atom stereocenters. The van der Waals surface area contributed by atoms with Crippen LogP contribution < -0.4 is 5.32 Å². The van der Waals surface area contributed by atoms with Gasteiger partial charge >= 0.3 is 10.4 Å². The highest BCUT2D eigenvalue weighted by molar-refractivity contribution is 7.80. The number of hydrogen-bond donors (Lipinski definition) is 6. The van der Waals surface area contributed by atoms with E-state index in [0.29, 0.717) is 6.42 Å². The number of ether oxygens (including phenoxy) is 2. The van der Waals surface area contributed by atoms with Crippen LogP contribution in [0.5, 0.6) is 0 Å². The molecule has 1 heterocycles. The first kappa shape index (κ1) is 65.9. The highest BCUT2D eigenvalue weighted by Gasteiger charge is 2.48. The zero-order chi connectivity index (χ0) is 50.5. The number of rotatable bonds is 51. The lowest BCUT2D eigenvalue weighted by atomic mass is 9.99. The topological polar surface area (TPSA) is 192 Å². The van der Waals surface area contributed by atoms with Crippen LogP contribution >= 0.6 is 0 Å². The van der Waals surface area contributed by atoms with Crippen LogP contribution in [0.2, 0.25) is 0 Å². The molecule has 13 heteroatoms. The van der Waals surface area contributed by atoms with Crippen molar-refractivity contribution < 1.29 is 51.8 Å². The fraction of sp³-hybridized carbons (Fsp3) is 0.946. The summed E-state index contributed by atoms with van der Waals surface area (Å²) in [5.74, 6) is -0.255. The Morgan fingerprint density at radius 3 is 1.26 bits per heavy atom. The van der Waals surface area contributed by atoms with E-state index in [9.17, 15) is 38.2 Å². The molecule has 0 radical (unpaired) electrons. The summed E-state index contributed by atoms with van der Waals surface area (Å²) in [5.41, 5.74) is 0. The van der Waals surface area contributed by atoms with Crippen molar-refractivity contribution in [2.75, 3.05) is 13.2 Å². The molecule has 0 bridgehead atoms. The molecule has 0 aromatic rings. The zero-order valence-electron chi connectivity index (χ0n) is 44.4. The monoisotopic (exact) mass is 1000 g/mol. The van der Waals surface area contributed by atoms with Gasteiger partial charge in [-0.2, -0.15) is 8.42 Å². The quantitative estimate of drug-likeness (QED) is 0.0193. The Hall–Kier alpha value is -1.16. The fourth-order valence-corrected chi connectivity index (χ4v) is 10.1. The first-order chi connectivity index (χ1) is 33.5. The number of aliphatic hydroxyl groups excluding tert-OH is 4. The van der Waals surface area contributed by atoms with Crippen molar-refractivity contribution in [3.05, 3.63) is 12.2 Å². The van der Waals surface area contributed by atoms with E-state index in [1.54, 1.807) is 6.08 Å². The number of allylic oxidation sites excluding steroid dienone is 1. The van der Waals surface area contributed by atoms with Crippen LogP contribution in [0.3, 0.4) is 0 Å². The van der Waals surface area contributed by atoms with Gasteiger partial charge in [0, 0.05) is 6.42 Å². The molecule has 0 saturated carbocycles. The first-order valence-electron chi connectivity index (χ1n) is 29.1. The van der Waals surface area contributed by atoms with Gasteiger partial charge in [0.05, 0.1) is 25.4 Å². The number of carbonyl (C=O) groups excluding carboxylic acids is 1. The number of hydrogen-bond acceptors (Lipinski definition) is 10. The summed E-state index contributed by atoms with van der Waals surface area (Å²) in [5, 5.41) is 45.0. The van der Waals surface area contributed by atoms with Gasteiger partial charge in [-0.25, -0.2) is 4.18 Å². The zero-order valence-corrected chi connectivity index (χ0v) is 45.2. The molecule has 1 saturated heterocycles. The predicted molar refractivity (Wildman–Crippen MR) is 282 cm³/mol. The van der Waals surface area contributed by atoms with E-state index in [2.05, 4.69) is 23.3 Å². The van der Waals surface area contributed by atoms with Gasteiger partial charge in [0.1, 0.15) is 24.4 Å². The van der Waals surface area contributed by atoms with E-state index in [1.165, 1.54) is 218 Å². The highest BCUT2D eigenvalue weighted by Crippen LogP contribution is 2.26. The molecule has 1 rings (SSSR count). The van der Waals surface area contributed by atoms with Gasteiger partial charge in [-0.05, 0) is 19.3 Å². The van der Waals surface area contributed by atoms with E-state index in [0.717, 1.165) is 38.5 Å². The second-order valence-corrected chi connectivity index (χ2v) is 21.6. The smallest absolute Gasteiger partial charge is 0.394 e. The van der Waals surface area contributed by atoms with Crippen molar-refractivity contribution in [1.29, 1.82) is 0 Å². The lowest BCUT2D eigenvalue weighted by Crippen LogP contribution is -2.61. The number of nitrogens with one attached hydrogen (secondary N) is 1. The molecule has 12 nitrogen and oxygen atoms in total. The highest BCUT2D eigenvalue weighted by atomic mass is 32.3. The van der Waals surface area contributed by atoms with E-state index in [-0.39, 0.29) is 18.9 Å². The van der Waals surface area contributed by atoms with E-state index in [4.69, 9.17) is 9.47 Å². The Morgan fingerprint density at radius 1 is 0.565 bits per heavy atom. The Balaban J connectivity index is 2.37. The molecule has 6 N–H and O–H groups in total. The molecule has 0 aromatic carbocycles. The van der Waals surface area contributed by atoms with Crippen molar-refractivity contribution in [3.63, 3.8) is 0 Å². The van der Waals surface area contributed by atoms with Crippen molar-refractivity contribution in [2.45, 2.75) is 326 Å². The molecule has 7 atom stereocenters. The number of carbonyl (C=O) groups is 1. The van der Waals surface area contributed by atoms with Crippen molar-refractivity contribution >= 4 is 16.3 Å². The van der Waals surface area contributed by atoms with Gasteiger partial charge < -0.3 is 35.2 Å². The average molecular weight is 1000 g/mol. The number of unbranched alkanes of at least 4 members (excludes halogenated alkanes) is 39. The SMILES string of the molecule is CCCCCCCCCCCCCCCCCCCC/C=C/C(O)C(COC1OC(CO)C(O)C(OS(=O)(=O)O)C1O)NC(=O)CCCCCCCCCCCCCCCCCCCCCCCC. The summed E-state index contributed by atoms with van der Waals surface area (Å²) in [6.07, 6.45) is 46.8. The van der Waals surface area contributed by atoms with Gasteiger partial charge in [0.15, 0.2) is 6.29 Å². The van der Waals surface area contributed by atoms with Gasteiger partial charge in [-0.15, -0.1) is 0 Å². The van der Waals surface area contributed by atoms with E-state index in [1.807, 2.05) is 6.08 Å². The van der Waals surface area contributed by atoms with Gasteiger partial charge in [-0.1, -0.05) is 270 Å². The molecular weight excluding hydrogens is 895 g/mol. The largest absolute Gasteiger partial charge is 0.397 e. The lowest BCUT2D eigenvalue weighted by Gasteiger charge is -2.41. The van der Waals surface area contributed by atoms with Crippen molar-refractivity contribution in [1.82, 2.24) is 5.32 Å². The predicted octanol–water partition coefficient (Wildman–Crippen LogP) is 13.5. The Bertz CT molecular complexity index is 1270. The van der Waals surface area contributed by atoms with E-state index < -0.39 is 59.9 Å². The summed E-state index contributed by atoms with van der Waals surface area (Å²) in [6.45, 7) is 3.44. The standard InChI is InChI=1S/C56H109NO11S/c1-3-5-7-9-11-13-15-17-19-21-23-25-26-28-30-32-34-36-38-40-42-44-46-52(60)57-49(48-66-56-54(62)55(68-69(63,64)65)53(61)51(47-58)67-56)50(59)45-43-41-39-37-35-33-31-29-27-24-22-20-18-16-14-12-10-8-6-4-2/h43,45,49-51,53-56,58-59,61-62H,3-42,44,46-48H2,1-2H3,(H,57,60)(H,63,64,65)/b45-43+. The van der Waals surface area contributed by atoms with E-state index >= 15 is 0 Å². The minimum atomic E-state index is -5.09. The van der Waals surface area contributed by atoms with Gasteiger partial charge in [-0.3, -0.25) is 9.35 Å². The van der Waals surface area contributed by atoms with Crippen LogP contribution in [0.1, 0.15) is 284 Å². The summed E-state index contributed by atoms with van der Waals surface area (Å²) in [6, 6.07) is -0.940. The molecule has 1 aliphatic heterocycles. The first-order valence-corrected chi connectivity index (χ1v) is 30.4. The second kappa shape index (κ2) is 46.6. The van der Waals surface area contributed by atoms with Crippen LogP contribution in [0.4, 0.5) is 0 Å². The molecule has 1 fully saturated rings. The number of amides is 1.